The first kappa shape index (κ1) is 19.5. The van der Waals surface area contributed by atoms with Crippen molar-refractivity contribution in [2.24, 2.45) is 11.8 Å². The average Bonchev–Trinajstić information content (AvgIpc) is 2.65. The number of hydrogen-bond acceptors (Lipinski definition) is 5. The van der Waals surface area contributed by atoms with Crippen molar-refractivity contribution < 1.29 is 24.2 Å². The third-order valence-corrected chi connectivity index (χ3v) is 6.10. The Morgan fingerprint density at radius 3 is 2.34 bits per heavy atom. The summed E-state index contributed by atoms with van der Waals surface area (Å²) >= 11 is 0. The molecule has 29 heavy (non-hydrogen) atoms. The highest BCUT2D eigenvalue weighted by atomic mass is 16.5. The molecule has 150 valence electrons. The lowest BCUT2D eigenvalue weighted by Gasteiger charge is -2.42. The van der Waals surface area contributed by atoms with Gasteiger partial charge in [-0.2, -0.15) is 0 Å². The van der Waals surface area contributed by atoms with E-state index >= 15 is 0 Å². The number of carbonyl (C=O) groups is 3. The monoisotopic (exact) mass is 392 g/mol. The van der Waals surface area contributed by atoms with Gasteiger partial charge >= 0.3 is 0 Å². The molecule has 3 atom stereocenters. The van der Waals surface area contributed by atoms with Crippen molar-refractivity contribution in [3.63, 3.8) is 0 Å². The molecule has 0 amide bonds. The summed E-state index contributed by atoms with van der Waals surface area (Å²) < 4.78 is 6.34. The van der Waals surface area contributed by atoms with E-state index in [-0.39, 0.29) is 47.1 Å². The van der Waals surface area contributed by atoms with Gasteiger partial charge in [-0.25, -0.2) is 0 Å². The maximum absolute atomic E-state index is 13.3. The molecular formula is C24H24O5. The molecule has 0 aromatic heterocycles. The SMILES string of the molecule is Cc1ccc(C(C)(C)O[C@@H]2CC(=O)C[C@@H]3C(=O)c4cccc(O)c4C(=O)[C@H]32)cc1. The minimum absolute atomic E-state index is 0.0369. The molecule has 0 spiro atoms. The number of rotatable bonds is 3. The van der Waals surface area contributed by atoms with Crippen LogP contribution >= 0.6 is 0 Å². The number of ketones is 3. The van der Waals surface area contributed by atoms with Gasteiger partial charge in [-0.15, -0.1) is 0 Å². The number of fused-ring (bicyclic) bond motifs is 2. The van der Waals surface area contributed by atoms with Crippen molar-refractivity contribution in [3.05, 3.63) is 64.7 Å². The van der Waals surface area contributed by atoms with E-state index in [0.29, 0.717) is 0 Å². The van der Waals surface area contributed by atoms with Crippen LogP contribution in [0.3, 0.4) is 0 Å². The zero-order valence-corrected chi connectivity index (χ0v) is 16.8. The van der Waals surface area contributed by atoms with E-state index in [0.717, 1.165) is 11.1 Å². The molecule has 1 saturated carbocycles. The van der Waals surface area contributed by atoms with Gasteiger partial charge in [-0.3, -0.25) is 14.4 Å². The van der Waals surface area contributed by atoms with Gasteiger partial charge in [0.2, 0.25) is 0 Å². The van der Waals surface area contributed by atoms with Crippen LogP contribution in [0.15, 0.2) is 42.5 Å². The number of Topliss-reactive ketones (excluding diaryl/α,β-unsaturated/α-hetero) is 3. The van der Waals surface area contributed by atoms with Crippen molar-refractivity contribution in [3.8, 4) is 5.75 Å². The van der Waals surface area contributed by atoms with Crippen LogP contribution in [0.5, 0.6) is 5.75 Å². The Morgan fingerprint density at radius 2 is 1.66 bits per heavy atom. The van der Waals surface area contributed by atoms with Crippen LogP contribution in [0.4, 0.5) is 0 Å². The van der Waals surface area contributed by atoms with E-state index in [1.54, 1.807) is 6.07 Å². The van der Waals surface area contributed by atoms with Gasteiger partial charge in [-0.05, 0) is 32.4 Å². The fourth-order valence-electron chi connectivity index (χ4n) is 4.56. The quantitative estimate of drug-likeness (QED) is 0.854. The topological polar surface area (TPSA) is 80.7 Å². The van der Waals surface area contributed by atoms with Crippen LogP contribution in [-0.4, -0.2) is 28.6 Å². The van der Waals surface area contributed by atoms with Crippen LogP contribution in [0.1, 0.15) is 58.5 Å². The summed E-state index contributed by atoms with van der Waals surface area (Å²) in [5, 5.41) is 10.2. The standard InChI is InChI=1S/C24H24O5/c1-13-7-9-14(10-8-13)24(2,3)29-19-12-15(25)11-17-21(19)23(28)20-16(22(17)27)5-4-6-18(20)26/h4-10,17,19,21,26H,11-12H2,1-3H3/t17-,19+,21+/m0/s1. The Balaban J connectivity index is 1.72. The van der Waals surface area contributed by atoms with Crippen molar-refractivity contribution in [1.82, 2.24) is 0 Å². The minimum atomic E-state index is -0.772. The summed E-state index contributed by atoms with van der Waals surface area (Å²) in [7, 11) is 0. The third-order valence-electron chi connectivity index (χ3n) is 6.10. The largest absolute Gasteiger partial charge is 0.507 e. The zero-order chi connectivity index (χ0) is 20.9. The molecule has 4 rings (SSSR count). The average molecular weight is 392 g/mol. The van der Waals surface area contributed by atoms with Crippen LogP contribution in [0, 0.1) is 18.8 Å². The summed E-state index contributed by atoms with van der Waals surface area (Å²) in [5.74, 6) is -2.38. The molecule has 2 aromatic carbocycles. The van der Waals surface area contributed by atoms with Gasteiger partial charge in [0, 0.05) is 24.3 Å². The normalized spacial score (nSPS) is 24.2. The predicted octanol–water partition coefficient (Wildman–Crippen LogP) is 4.00. The summed E-state index contributed by atoms with van der Waals surface area (Å²) in [6, 6.07) is 12.4. The summed E-state index contributed by atoms with van der Waals surface area (Å²) in [5.41, 5.74) is 1.55. The lowest BCUT2D eigenvalue weighted by Crippen LogP contribution is -2.50. The lowest BCUT2D eigenvalue weighted by atomic mass is 9.65. The van der Waals surface area contributed by atoms with Crippen LogP contribution in [0.2, 0.25) is 0 Å². The van der Waals surface area contributed by atoms with E-state index in [4.69, 9.17) is 4.74 Å². The van der Waals surface area contributed by atoms with Crippen molar-refractivity contribution in [1.29, 1.82) is 0 Å². The van der Waals surface area contributed by atoms with Crippen LogP contribution in [0.25, 0.3) is 0 Å². The van der Waals surface area contributed by atoms with E-state index in [1.807, 2.05) is 45.0 Å². The molecular weight excluding hydrogens is 368 g/mol. The Bertz CT molecular complexity index is 1000. The summed E-state index contributed by atoms with van der Waals surface area (Å²) in [4.78, 5) is 38.8. The molecule has 0 saturated heterocycles. The number of benzene rings is 2. The molecule has 1 fully saturated rings. The minimum Gasteiger partial charge on any atom is -0.507 e. The second-order valence-electron chi connectivity index (χ2n) is 8.54. The first-order valence-corrected chi connectivity index (χ1v) is 9.86. The molecule has 0 aliphatic heterocycles. The highest BCUT2D eigenvalue weighted by molar-refractivity contribution is 6.18. The number of ether oxygens (including phenoxy) is 1. The van der Waals surface area contributed by atoms with Crippen molar-refractivity contribution in [2.75, 3.05) is 0 Å². The van der Waals surface area contributed by atoms with Gasteiger partial charge in [0.1, 0.15) is 11.5 Å². The first-order chi connectivity index (χ1) is 13.7. The molecule has 5 nitrogen and oxygen atoms in total. The van der Waals surface area contributed by atoms with Gasteiger partial charge in [-0.1, -0.05) is 42.0 Å². The molecule has 2 aliphatic carbocycles. The van der Waals surface area contributed by atoms with E-state index in [9.17, 15) is 19.5 Å². The Hall–Kier alpha value is -2.79. The molecule has 2 aliphatic rings. The second kappa shape index (κ2) is 6.92. The Morgan fingerprint density at radius 1 is 0.966 bits per heavy atom. The smallest absolute Gasteiger partial charge is 0.173 e. The number of aryl methyl sites for hydroxylation is 1. The van der Waals surface area contributed by atoms with Gasteiger partial charge < -0.3 is 9.84 Å². The van der Waals surface area contributed by atoms with Gasteiger partial charge in [0.05, 0.1) is 23.2 Å². The number of phenolic OH excluding ortho intramolecular Hbond substituents is 1. The lowest BCUT2D eigenvalue weighted by molar-refractivity contribution is -0.140. The first-order valence-electron chi connectivity index (χ1n) is 9.86. The van der Waals surface area contributed by atoms with E-state index in [2.05, 4.69) is 0 Å². The molecule has 0 radical (unpaired) electrons. The van der Waals surface area contributed by atoms with Gasteiger partial charge in [0.25, 0.3) is 0 Å². The zero-order valence-electron chi connectivity index (χ0n) is 16.8. The van der Waals surface area contributed by atoms with Crippen molar-refractivity contribution >= 4 is 17.3 Å². The maximum Gasteiger partial charge on any atom is 0.173 e. The molecule has 5 heteroatoms. The summed E-state index contributed by atoms with van der Waals surface area (Å²) in [6.45, 7) is 5.79. The number of aromatic hydroxyl groups is 1. The Labute approximate surface area is 169 Å². The maximum atomic E-state index is 13.3. The highest BCUT2D eigenvalue weighted by Crippen LogP contribution is 2.44. The third kappa shape index (κ3) is 3.29. The van der Waals surface area contributed by atoms with Crippen molar-refractivity contribution in [2.45, 2.75) is 45.3 Å². The number of carbonyl (C=O) groups excluding carboxylic acids is 3. The molecule has 2 aromatic rings. The van der Waals surface area contributed by atoms with Crippen LogP contribution < -0.4 is 0 Å². The number of hydrogen-bond donors (Lipinski definition) is 1. The molecule has 0 unspecified atom stereocenters. The molecule has 1 N–H and O–H groups in total. The Kier molecular flexibility index (Phi) is 4.66. The van der Waals surface area contributed by atoms with E-state index < -0.39 is 23.5 Å². The highest BCUT2D eigenvalue weighted by Gasteiger charge is 2.51. The number of phenols is 1. The predicted molar refractivity (Wildman–Crippen MR) is 107 cm³/mol. The fourth-order valence-corrected chi connectivity index (χ4v) is 4.56. The van der Waals surface area contributed by atoms with Gasteiger partial charge in [0.15, 0.2) is 11.6 Å². The van der Waals surface area contributed by atoms with Crippen LogP contribution in [-0.2, 0) is 15.1 Å². The molecule has 0 heterocycles. The second-order valence-corrected chi connectivity index (χ2v) is 8.54. The fraction of sp³-hybridized carbons (Fsp3) is 0.375. The van der Waals surface area contributed by atoms with E-state index in [1.165, 1.54) is 12.1 Å². The molecule has 0 bridgehead atoms. The summed E-state index contributed by atoms with van der Waals surface area (Å²) in [6.07, 6.45) is -0.602.